The number of azo groups is 2. The van der Waals surface area contributed by atoms with Gasteiger partial charge in [-0.2, -0.15) is 55.2 Å². The van der Waals surface area contributed by atoms with E-state index in [0.29, 0.717) is 43.5 Å². The number of nitrogens with two attached hydrogens (primary N) is 2. The van der Waals surface area contributed by atoms with Crippen molar-refractivity contribution in [2.75, 3.05) is 44.5 Å². The van der Waals surface area contributed by atoms with Crippen LogP contribution < -0.4 is 16.2 Å². The third kappa shape index (κ3) is 16.0. The average molecular weight is 1220 g/mol. The molecule has 0 fully saturated rings. The number of aromatic nitrogens is 11. The van der Waals surface area contributed by atoms with Crippen LogP contribution in [0.1, 0.15) is 204 Å². The SMILES string of the molecule is CCCCOC(=O)c1cc(C(=O)OCCCC)cc(-n2ncc(C#N)c2N=Nc2c(C(C)(C)C)nn(-c3nc(OCCCC)nc(-n4nc(C(C)(C)C)c(N=Nc5c(C#N)cnn5-c5cc(C(=O)OCCCC)cc(C(=O)OCCCC)c5)c4N)n3)c2N)c1. The van der Waals surface area contributed by atoms with Crippen LogP contribution >= 0.6 is 0 Å². The van der Waals surface area contributed by atoms with Crippen LogP contribution in [0.2, 0.25) is 0 Å². The van der Waals surface area contributed by atoms with Gasteiger partial charge in [0.15, 0.2) is 34.6 Å². The van der Waals surface area contributed by atoms with Gasteiger partial charge < -0.3 is 35.2 Å². The summed E-state index contributed by atoms with van der Waals surface area (Å²) >= 11 is 0. The van der Waals surface area contributed by atoms with E-state index in [-0.39, 0.29) is 130 Å². The summed E-state index contributed by atoms with van der Waals surface area (Å²) in [6.07, 6.45) is 9.61. The smallest absolute Gasteiger partial charge is 0.338 e. The highest BCUT2D eigenvalue weighted by Gasteiger charge is 2.32. The molecule has 0 saturated heterocycles. The van der Waals surface area contributed by atoms with Crippen molar-refractivity contribution in [3.8, 4) is 41.4 Å². The third-order valence-electron chi connectivity index (χ3n) is 13.3. The molecule has 5 heterocycles. The molecule has 28 heteroatoms. The minimum absolute atomic E-state index is 0.0145. The van der Waals surface area contributed by atoms with Crippen LogP contribution in [0, 0.1) is 22.7 Å². The fourth-order valence-corrected chi connectivity index (χ4v) is 8.37. The number of hydrogen-bond acceptors (Lipinski definition) is 24. The van der Waals surface area contributed by atoms with Crippen LogP contribution in [0.5, 0.6) is 6.01 Å². The van der Waals surface area contributed by atoms with E-state index in [1.165, 1.54) is 67.5 Å². The van der Waals surface area contributed by atoms with E-state index in [0.717, 1.165) is 32.1 Å². The molecular formula is C61H75N19O9. The van der Waals surface area contributed by atoms with Crippen molar-refractivity contribution in [1.29, 1.82) is 10.5 Å². The predicted molar refractivity (Wildman–Crippen MR) is 326 cm³/mol. The Kier molecular flexibility index (Phi) is 22.3. The number of nitrogens with zero attached hydrogens (tertiary/aromatic N) is 17. The molecule has 0 bridgehead atoms. The first kappa shape index (κ1) is 66.3. The van der Waals surface area contributed by atoms with Crippen molar-refractivity contribution in [2.24, 2.45) is 20.5 Å². The highest BCUT2D eigenvalue weighted by molar-refractivity contribution is 5.97. The molecule has 2 aromatic carbocycles. The van der Waals surface area contributed by atoms with Crippen molar-refractivity contribution < 1.29 is 42.9 Å². The van der Waals surface area contributed by atoms with Crippen molar-refractivity contribution in [2.45, 2.75) is 151 Å². The van der Waals surface area contributed by atoms with Gasteiger partial charge in [0.1, 0.15) is 23.3 Å². The standard InChI is InChI=1S/C61H75N19O9/c1-12-17-22-85-53(81)37-27-38(54(82)86-23-18-13-2)30-43(29-37)77-51(41(33-62)35-66-77)73-71-45-47(60(6,7)8)75-79(49(45)64)57-68-58(70-59(69-57)89-26-21-16-5)80-50(65)46(48(76-80)61(9,10)11)72-74-52-42(34-63)36-67-78(52)44-31-39(55(83)87-24-19-14-3)28-40(32-44)56(84)88-25-20-15-4/h27-32,35-36H,12-26,64-65H2,1-11H3. The number of ether oxygens (including phenoxy) is 5. The number of esters is 4. The van der Waals surface area contributed by atoms with E-state index in [4.69, 9.17) is 50.3 Å². The number of benzene rings is 2. The molecule has 4 N–H and O–H groups in total. The van der Waals surface area contributed by atoms with Crippen LogP contribution in [-0.2, 0) is 29.8 Å². The van der Waals surface area contributed by atoms with Gasteiger partial charge in [-0.3, -0.25) is 0 Å². The normalized spacial score (nSPS) is 11.7. The summed E-state index contributed by atoms with van der Waals surface area (Å²) in [6.45, 7) is 21.9. The van der Waals surface area contributed by atoms with Crippen molar-refractivity contribution in [3.05, 3.63) is 93.6 Å². The molecule has 7 aromatic rings. The van der Waals surface area contributed by atoms with Crippen molar-refractivity contribution in [3.63, 3.8) is 0 Å². The van der Waals surface area contributed by atoms with Crippen molar-refractivity contribution in [1.82, 2.24) is 54.1 Å². The van der Waals surface area contributed by atoms with E-state index < -0.39 is 34.7 Å². The largest absolute Gasteiger partial charge is 0.463 e. The number of carbonyl (C=O) groups is 4. The number of nitriles is 2. The fraction of sp³-hybridized carbons (Fsp3) is 0.459. The van der Waals surface area contributed by atoms with Gasteiger partial charge in [-0.25, -0.2) is 28.5 Å². The lowest BCUT2D eigenvalue weighted by Gasteiger charge is -2.15. The van der Waals surface area contributed by atoms with Crippen molar-refractivity contribution >= 4 is 58.5 Å². The van der Waals surface area contributed by atoms with Gasteiger partial charge in [0.05, 0.1) is 90.4 Å². The Morgan fingerprint density at radius 3 is 1.11 bits per heavy atom. The van der Waals surface area contributed by atoms with Gasteiger partial charge in [-0.05, 0) is 68.5 Å². The van der Waals surface area contributed by atoms with Gasteiger partial charge in [-0.15, -0.1) is 20.5 Å². The summed E-state index contributed by atoms with van der Waals surface area (Å²) in [7, 11) is 0. The summed E-state index contributed by atoms with van der Waals surface area (Å²) in [6, 6.07) is 12.6. The first-order chi connectivity index (χ1) is 42.6. The van der Waals surface area contributed by atoms with Gasteiger partial charge in [0.25, 0.3) is 11.9 Å². The molecule has 0 atom stereocenters. The second-order valence-corrected chi connectivity index (χ2v) is 22.6. The molecule has 5 aromatic heterocycles. The number of unbranched alkanes of at least 4 members (excludes halogenated alkanes) is 5. The topological polar surface area (TPSA) is 373 Å². The number of rotatable bonds is 28. The molecule has 0 spiro atoms. The van der Waals surface area contributed by atoms with Gasteiger partial charge in [-0.1, -0.05) is 108 Å². The summed E-state index contributed by atoms with van der Waals surface area (Å²) < 4.78 is 33.1. The summed E-state index contributed by atoms with van der Waals surface area (Å²) in [4.78, 5) is 67.6. The molecule has 468 valence electrons. The van der Waals surface area contributed by atoms with E-state index in [2.05, 4.69) is 52.8 Å². The molecule has 0 saturated carbocycles. The average Bonchev–Trinajstić information content (AvgIpc) is 2.17. The van der Waals surface area contributed by atoms with E-state index in [9.17, 15) is 29.7 Å². The molecule has 0 radical (unpaired) electrons. The summed E-state index contributed by atoms with van der Waals surface area (Å²) in [5, 5.41) is 57.6. The Morgan fingerprint density at radius 2 is 0.809 bits per heavy atom. The molecular weight excluding hydrogens is 1140 g/mol. The third-order valence-corrected chi connectivity index (χ3v) is 13.3. The lowest BCUT2D eigenvalue weighted by molar-refractivity contribution is 0.0479. The minimum atomic E-state index is -0.776. The fourth-order valence-electron chi connectivity index (χ4n) is 8.37. The summed E-state index contributed by atoms with van der Waals surface area (Å²) in [5.41, 5.74) is 13.7. The van der Waals surface area contributed by atoms with E-state index >= 15 is 0 Å². The molecule has 0 unspecified atom stereocenters. The van der Waals surface area contributed by atoms with E-state index in [1.807, 2.05) is 76.2 Å². The van der Waals surface area contributed by atoms with Gasteiger partial charge >= 0.3 is 29.9 Å². The van der Waals surface area contributed by atoms with Crippen LogP contribution in [-0.4, -0.2) is 111 Å². The van der Waals surface area contributed by atoms with Gasteiger partial charge in [0, 0.05) is 10.8 Å². The molecule has 0 aliphatic carbocycles. The van der Waals surface area contributed by atoms with Crippen LogP contribution in [0.4, 0.5) is 34.6 Å². The molecule has 28 nitrogen and oxygen atoms in total. The first-order valence-corrected chi connectivity index (χ1v) is 29.6. The maximum atomic E-state index is 13.4. The number of hydrogen-bond donors (Lipinski definition) is 2. The zero-order valence-corrected chi connectivity index (χ0v) is 52.2. The molecule has 0 amide bonds. The molecule has 89 heavy (non-hydrogen) atoms. The molecule has 7 rings (SSSR count). The molecule has 0 aliphatic heterocycles. The lowest BCUT2D eigenvalue weighted by Crippen LogP contribution is -2.17. The second kappa shape index (κ2) is 29.9. The van der Waals surface area contributed by atoms with Gasteiger partial charge in [0.2, 0.25) is 0 Å². The first-order valence-electron chi connectivity index (χ1n) is 29.6. The second-order valence-electron chi connectivity index (χ2n) is 22.6. The van der Waals surface area contributed by atoms with Crippen LogP contribution in [0.25, 0.3) is 23.3 Å². The Bertz CT molecular complexity index is 3530. The minimum Gasteiger partial charge on any atom is -0.463 e. The van der Waals surface area contributed by atoms with Crippen LogP contribution in [0.3, 0.4) is 0 Å². The Labute approximate surface area is 515 Å². The lowest BCUT2D eigenvalue weighted by atomic mass is 9.91. The quantitative estimate of drug-likeness (QED) is 0.0199. The predicted octanol–water partition coefficient (Wildman–Crippen LogP) is 12.0. The maximum absolute atomic E-state index is 13.4. The zero-order chi connectivity index (χ0) is 64.6. The summed E-state index contributed by atoms with van der Waals surface area (Å²) in [5.74, 6) is -3.38. The highest BCUT2D eigenvalue weighted by Crippen LogP contribution is 2.41. The Hall–Kier alpha value is -10.3. The maximum Gasteiger partial charge on any atom is 0.338 e. The number of anilines is 2. The number of carbonyl (C=O) groups excluding carboxylic acids is 4. The molecule has 0 aliphatic rings. The number of nitrogen functional groups attached to an aromatic ring is 2. The van der Waals surface area contributed by atoms with Crippen LogP contribution in [0.15, 0.2) is 69.2 Å². The zero-order valence-electron chi connectivity index (χ0n) is 52.2. The Morgan fingerprint density at radius 1 is 0.483 bits per heavy atom. The monoisotopic (exact) mass is 1220 g/mol. The highest BCUT2D eigenvalue weighted by atomic mass is 16.5. The van der Waals surface area contributed by atoms with E-state index in [1.54, 1.807) is 0 Å². The Balaban J connectivity index is 1.34.